The van der Waals surface area contributed by atoms with Crippen LogP contribution in [-0.2, 0) is 9.53 Å². The number of fused-ring (bicyclic) bond motifs is 1. The molecule has 160 valence electrons. The number of ether oxygens (including phenoxy) is 1. The summed E-state index contributed by atoms with van der Waals surface area (Å²) in [7, 11) is 0. The standard InChI is InChI=1S/C24H24N2O3S2/c1-5-29-23(28)20-15(4)25-24-26(21(20)17-10-8-16(9-11-17)14(2)3)22(27)19(31-24)13-18-7-6-12-30-18/h6-14,21H,5H2,1-4H3/b19-13+/t21-/m0/s1. The molecule has 0 bridgehead atoms. The van der Waals surface area contributed by atoms with Crippen LogP contribution >= 0.6 is 22.7 Å². The van der Waals surface area contributed by atoms with Crippen molar-refractivity contribution >= 4 is 34.7 Å². The Kier molecular flexibility index (Phi) is 6.07. The van der Waals surface area contributed by atoms with Crippen molar-refractivity contribution in [1.82, 2.24) is 4.57 Å². The zero-order valence-corrected chi connectivity index (χ0v) is 19.5. The van der Waals surface area contributed by atoms with Gasteiger partial charge in [-0.1, -0.05) is 55.5 Å². The van der Waals surface area contributed by atoms with Gasteiger partial charge in [0.2, 0.25) is 0 Å². The second-order valence-electron chi connectivity index (χ2n) is 7.64. The molecule has 3 heterocycles. The summed E-state index contributed by atoms with van der Waals surface area (Å²) in [5, 5.41) is 1.98. The first-order valence-corrected chi connectivity index (χ1v) is 11.9. The van der Waals surface area contributed by atoms with Gasteiger partial charge in [-0.2, -0.15) is 0 Å². The average molecular weight is 453 g/mol. The molecule has 3 aromatic rings. The fourth-order valence-electron chi connectivity index (χ4n) is 3.67. The number of nitrogens with zero attached hydrogens (tertiary/aromatic N) is 2. The Balaban J connectivity index is 1.94. The van der Waals surface area contributed by atoms with Crippen LogP contribution in [0, 0.1) is 0 Å². The lowest BCUT2D eigenvalue weighted by atomic mass is 9.93. The number of rotatable bonds is 5. The summed E-state index contributed by atoms with van der Waals surface area (Å²) in [5.74, 6) is -0.0436. The number of benzene rings is 1. The van der Waals surface area contributed by atoms with E-state index in [-0.39, 0.29) is 12.2 Å². The van der Waals surface area contributed by atoms with E-state index in [0.717, 1.165) is 10.4 Å². The Morgan fingerprint density at radius 3 is 2.61 bits per heavy atom. The molecular formula is C24H24N2O3S2. The molecule has 2 aromatic heterocycles. The van der Waals surface area contributed by atoms with E-state index in [2.05, 4.69) is 31.0 Å². The fraction of sp³-hybridized carbons (Fsp3) is 0.292. The fourth-order valence-corrected chi connectivity index (χ4v) is 5.44. The van der Waals surface area contributed by atoms with Crippen molar-refractivity contribution < 1.29 is 9.53 Å². The molecule has 0 saturated heterocycles. The number of thiazole rings is 1. The number of hydrogen-bond acceptors (Lipinski definition) is 6. The van der Waals surface area contributed by atoms with Crippen molar-refractivity contribution in [1.29, 1.82) is 0 Å². The first kappa shape index (κ1) is 21.5. The molecule has 0 amide bonds. The largest absolute Gasteiger partial charge is 0.463 e. The Morgan fingerprint density at radius 2 is 2.00 bits per heavy atom. The van der Waals surface area contributed by atoms with Crippen LogP contribution in [0.3, 0.4) is 0 Å². The third kappa shape index (κ3) is 4.07. The second-order valence-corrected chi connectivity index (χ2v) is 9.63. The number of carbonyl (C=O) groups is 1. The van der Waals surface area contributed by atoms with E-state index >= 15 is 0 Å². The molecule has 4 rings (SSSR count). The third-order valence-electron chi connectivity index (χ3n) is 5.25. The number of esters is 1. The molecule has 1 aliphatic heterocycles. The molecule has 0 radical (unpaired) electrons. The maximum atomic E-state index is 13.4. The Hall–Kier alpha value is -2.77. The number of thiophene rings is 1. The molecule has 0 aliphatic carbocycles. The molecule has 5 nitrogen and oxygen atoms in total. The molecule has 0 fully saturated rings. The SMILES string of the molecule is CCOC(=O)C1=C(C)N=c2s/c(=C/c3cccs3)c(=O)n2[C@H]1c1ccc(C(C)C)cc1. The molecule has 1 aromatic carbocycles. The summed E-state index contributed by atoms with van der Waals surface area (Å²) in [5.41, 5.74) is 2.91. The minimum atomic E-state index is -0.568. The van der Waals surface area contributed by atoms with Crippen molar-refractivity contribution in [3.05, 3.63) is 88.7 Å². The lowest BCUT2D eigenvalue weighted by Gasteiger charge is -2.25. The van der Waals surface area contributed by atoms with Crippen molar-refractivity contribution in [2.45, 2.75) is 39.7 Å². The smallest absolute Gasteiger partial charge is 0.338 e. The first-order chi connectivity index (χ1) is 14.9. The zero-order valence-electron chi connectivity index (χ0n) is 17.9. The van der Waals surface area contributed by atoms with Gasteiger partial charge in [-0.15, -0.1) is 11.3 Å². The van der Waals surface area contributed by atoms with E-state index in [4.69, 9.17) is 4.74 Å². The van der Waals surface area contributed by atoms with Gasteiger partial charge in [-0.3, -0.25) is 9.36 Å². The van der Waals surface area contributed by atoms with Crippen molar-refractivity contribution in [3.63, 3.8) is 0 Å². The van der Waals surface area contributed by atoms with Gasteiger partial charge in [0, 0.05) is 4.88 Å². The molecule has 7 heteroatoms. The van der Waals surface area contributed by atoms with E-state index in [1.807, 2.05) is 35.7 Å². The van der Waals surface area contributed by atoms with Crippen LogP contribution in [0.1, 0.15) is 55.7 Å². The molecule has 1 aliphatic rings. The van der Waals surface area contributed by atoms with Crippen LogP contribution in [0.25, 0.3) is 6.08 Å². The van der Waals surface area contributed by atoms with Crippen molar-refractivity contribution in [3.8, 4) is 0 Å². The van der Waals surface area contributed by atoms with Gasteiger partial charge < -0.3 is 4.74 Å². The monoisotopic (exact) mass is 452 g/mol. The van der Waals surface area contributed by atoms with Gasteiger partial charge in [0.05, 0.1) is 28.5 Å². The molecule has 0 saturated carbocycles. The van der Waals surface area contributed by atoms with Crippen LogP contribution in [0.15, 0.2) is 62.8 Å². The molecular weight excluding hydrogens is 428 g/mol. The number of carbonyl (C=O) groups excluding carboxylic acids is 1. The zero-order chi connectivity index (χ0) is 22.1. The summed E-state index contributed by atoms with van der Waals surface area (Å²) in [6.45, 7) is 8.11. The number of hydrogen-bond donors (Lipinski definition) is 0. The minimum absolute atomic E-state index is 0.149. The van der Waals surface area contributed by atoms with Gasteiger partial charge in [0.15, 0.2) is 4.80 Å². The van der Waals surface area contributed by atoms with Gasteiger partial charge in [0.25, 0.3) is 5.56 Å². The molecule has 0 N–H and O–H groups in total. The molecule has 1 atom stereocenters. The predicted octanol–water partition coefficient (Wildman–Crippen LogP) is 3.98. The summed E-state index contributed by atoms with van der Waals surface area (Å²) in [6, 6.07) is 11.5. The second kappa shape index (κ2) is 8.77. The van der Waals surface area contributed by atoms with E-state index in [1.54, 1.807) is 29.8 Å². The van der Waals surface area contributed by atoms with Gasteiger partial charge >= 0.3 is 5.97 Å². The third-order valence-corrected chi connectivity index (χ3v) is 7.05. The van der Waals surface area contributed by atoms with Crippen LogP contribution in [0.4, 0.5) is 0 Å². The van der Waals surface area contributed by atoms with Gasteiger partial charge in [-0.25, -0.2) is 9.79 Å². The number of aromatic nitrogens is 1. The summed E-state index contributed by atoms with van der Waals surface area (Å²) in [6.07, 6.45) is 1.89. The lowest BCUT2D eigenvalue weighted by Crippen LogP contribution is -2.39. The van der Waals surface area contributed by atoms with E-state index in [0.29, 0.717) is 26.5 Å². The highest BCUT2D eigenvalue weighted by atomic mass is 32.1. The van der Waals surface area contributed by atoms with Crippen LogP contribution in [0.2, 0.25) is 0 Å². The van der Waals surface area contributed by atoms with Crippen LogP contribution in [-0.4, -0.2) is 17.1 Å². The normalized spacial score (nSPS) is 16.4. The maximum absolute atomic E-state index is 13.4. The van der Waals surface area contributed by atoms with Gasteiger partial charge in [0.1, 0.15) is 0 Å². The molecule has 0 spiro atoms. The topological polar surface area (TPSA) is 60.7 Å². The predicted molar refractivity (Wildman–Crippen MR) is 125 cm³/mol. The first-order valence-electron chi connectivity index (χ1n) is 10.2. The van der Waals surface area contributed by atoms with Crippen molar-refractivity contribution in [2.75, 3.05) is 6.61 Å². The Bertz CT molecular complexity index is 1310. The van der Waals surface area contributed by atoms with Crippen molar-refractivity contribution in [2.24, 2.45) is 4.99 Å². The quantitative estimate of drug-likeness (QED) is 0.550. The Labute approximate surface area is 188 Å². The van der Waals surface area contributed by atoms with Gasteiger partial charge in [-0.05, 0) is 48.4 Å². The Morgan fingerprint density at radius 1 is 1.26 bits per heavy atom. The van der Waals surface area contributed by atoms with Crippen LogP contribution < -0.4 is 14.9 Å². The van der Waals surface area contributed by atoms with E-state index in [9.17, 15) is 9.59 Å². The highest BCUT2D eigenvalue weighted by Crippen LogP contribution is 2.31. The lowest BCUT2D eigenvalue weighted by molar-refractivity contribution is -0.139. The average Bonchev–Trinajstić information content (AvgIpc) is 3.35. The summed E-state index contributed by atoms with van der Waals surface area (Å²) >= 11 is 2.92. The van der Waals surface area contributed by atoms with Crippen LogP contribution in [0.5, 0.6) is 0 Å². The van der Waals surface area contributed by atoms with E-state index < -0.39 is 12.0 Å². The molecule has 0 unspecified atom stereocenters. The minimum Gasteiger partial charge on any atom is -0.463 e. The maximum Gasteiger partial charge on any atom is 0.338 e. The molecule has 31 heavy (non-hydrogen) atoms. The summed E-state index contributed by atoms with van der Waals surface area (Å²) < 4.78 is 7.57. The number of allylic oxidation sites excluding steroid dienone is 1. The highest BCUT2D eigenvalue weighted by molar-refractivity contribution is 7.11. The highest BCUT2D eigenvalue weighted by Gasteiger charge is 2.33. The van der Waals surface area contributed by atoms with E-state index in [1.165, 1.54) is 16.9 Å². The summed E-state index contributed by atoms with van der Waals surface area (Å²) in [4.78, 5) is 32.5.